The van der Waals surface area contributed by atoms with Gasteiger partial charge in [-0.3, -0.25) is 0 Å². The van der Waals surface area contributed by atoms with Crippen molar-refractivity contribution in [3.05, 3.63) is 12.1 Å². The average Bonchev–Trinajstić information content (AvgIpc) is 2.17. The van der Waals surface area contributed by atoms with E-state index in [4.69, 9.17) is 10.5 Å². The predicted molar refractivity (Wildman–Crippen MR) is 56.0 cm³/mol. The zero-order chi connectivity index (χ0) is 10.4. The van der Waals surface area contributed by atoms with Gasteiger partial charge < -0.3 is 15.8 Å². The minimum atomic E-state index is 0.431. The molecule has 0 aliphatic rings. The van der Waals surface area contributed by atoms with Crippen LogP contribution < -0.4 is 11.1 Å². The van der Waals surface area contributed by atoms with E-state index in [1.807, 2.05) is 6.07 Å². The molecule has 1 heterocycles. The van der Waals surface area contributed by atoms with Gasteiger partial charge in [-0.1, -0.05) is 6.92 Å². The molecule has 0 aliphatic heterocycles. The van der Waals surface area contributed by atoms with Gasteiger partial charge in [-0.25, -0.2) is 0 Å². The molecule has 0 saturated heterocycles. The molecule has 5 heteroatoms. The van der Waals surface area contributed by atoms with Gasteiger partial charge in [0, 0.05) is 13.7 Å². The monoisotopic (exact) mass is 196 g/mol. The van der Waals surface area contributed by atoms with Gasteiger partial charge in [0.1, 0.15) is 11.6 Å². The van der Waals surface area contributed by atoms with E-state index in [0.29, 0.717) is 11.7 Å². The second-order valence-corrected chi connectivity index (χ2v) is 3.28. The zero-order valence-corrected chi connectivity index (χ0v) is 8.53. The lowest BCUT2D eigenvalue weighted by Crippen LogP contribution is -2.16. The van der Waals surface area contributed by atoms with E-state index in [2.05, 4.69) is 22.4 Å². The summed E-state index contributed by atoms with van der Waals surface area (Å²) in [6, 6.07) is 3.53. The first kappa shape index (κ1) is 10.7. The number of nitrogens with two attached hydrogens (primary N) is 1. The Kier molecular flexibility index (Phi) is 4.12. The maximum Gasteiger partial charge on any atom is 0.148 e. The second-order valence-electron chi connectivity index (χ2n) is 3.28. The third-order valence-electron chi connectivity index (χ3n) is 1.77. The summed E-state index contributed by atoms with van der Waals surface area (Å²) in [4.78, 5) is 0. The number of ether oxygens (including phenoxy) is 1. The number of aromatic nitrogens is 2. The minimum absolute atomic E-state index is 0.431. The molecule has 3 N–H and O–H groups in total. The number of nitrogens with zero attached hydrogens (tertiary/aromatic N) is 2. The number of hydrogen-bond donors (Lipinski definition) is 2. The topological polar surface area (TPSA) is 73.1 Å². The van der Waals surface area contributed by atoms with Crippen LogP contribution in [0.3, 0.4) is 0 Å². The highest BCUT2D eigenvalue weighted by Gasteiger charge is 2.01. The van der Waals surface area contributed by atoms with Gasteiger partial charge in [-0.05, 0) is 18.1 Å². The molecular weight excluding hydrogens is 180 g/mol. The fourth-order valence-electron chi connectivity index (χ4n) is 1.06. The zero-order valence-electron chi connectivity index (χ0n) is 8.53. The first-order valence-corrected chi connectivity index (χ1v) is 4.54. The van der Waals surface area contributed by atoms with Crippen LogP contribution in [0.15, 0.2) is 12.1 Å². The molecule has 0 saturated carbocycles. The van der Waals surface area contributed by atoms with Crippen LogP contribution in [0.5, 0.6) is 0 Å². The Bertz CT molecular complexity index is 262. The molecular formula is C9H16N4O. The minimum Gasteiger partial charge on any atom is -0.384 e. The molecule has 78 valence electrons. The summed E-state index contributed by atoms with van der Waals surface area (Å²) >= 11 is 0. The van der Waals surface area contributed by atoms with Crippen LogP contribution in [-0.4, -0.2) is 30.5 Å². The highest BCUT2D eigenvalue weighted by atomic mass is 16.5. The molecule has 0 aromatic carbocycles. The van der Waals surface area contributed by atoms with Crippen molar-refractivity contribution in [2.24, 2.45) is 5.92 Å². The van der Waals surface area contributed by atoms with E-state index >= 15 is 0 Å². The van der Waals surface area contributed by atoms with E-state index in [9.17, 15) is 0 Å². The van der Waals surface area contributed by atoms with Crippen LogP contribution in [-0.2, 0) is 4.74 Å². The second kappa shape index (κ2) is 5.39. The average molecular weight is 196 g/mol. The first-order valence-electron chi connectivity index (χ1n) is 4.54. The Balaban J connectivity index is 2.34. The third kappa shape index (κ3) is 3.57. The Morgan fingerprint density at radius 2 is 2.29 bits per heavy atom. The molecule has 5 nitrogen and oxygen atoms in total. The Labute approximate surface area is 83.7 Å². The van der Waals surface area contributed by atoms with Gasteiger partial charge in [0.25, 0.3) is 0 Å². The predicted octanol–water partition coefficient (Wildman–Crippen LogP) is 0.753. The first-order chi connectivity index (χ1) is 6.72. The van der Waals surface area contributed by atoms with E-state index in [0.717, 1.165) is 19.0 Å². The van der Waals surface area contributed by atoms with Crippen molar-refractivity contribution in [2.45, 2.75) is 6.92 Å². The summed E-state index contributed by atoms with van der Waals surface area (Å²) in [6.45, 7) is 3.64. The Hall–Kier alpha value is -1.36. The van der Waals surface area contributed by atoms with Crippen molar-refractivity contribution in [1.29, 1.82) is 0 Å². The smallest absolute Gasteiger partial charge is 0.148 e. The molecule has 1 unspecified atom stereocenters. The number of rotatable bonds is 5. The molecule has 0 radical (unpaired) electrons. The summed E-state index contributed by atoms with van der Waals surface area (Å²) in [5, 5.41) is 10.8. The third-order valence-corrected chi connectivity index (χ3v) is 1.77. The van der Waals surface area contributed by atoms with Crippen LogP contribution in [0.25, 0.3) is 0 Å². The van der Waals surface area contributed by atoms with Crippen molar-refractivity contribution in [3.8, 4) is 0 Å². The maximum atomic E-state index is 5.41. The van der Waals surface area contributed by atoms with Gasteiger partial charge in [0.05, 0.1) is 6.61 Å². The van der Waals surface area contributed by atoms with Crippen molar-refractivity contribution >= 4 is 11.6 Å². The molecule has 14 heavy (non-hydrogen) atoms. The van der Waals surface area contributed by atoms with Crippen LogP contribution in [0.1, 0.15) is 6.92 Å². The van der Waals surface area contributed by atoms with Crippen molar-refractivity contribution in [3.63, 3.8) is 0 Å². The van der Waals surface area contributed by atoms with Crippen molar-refractivity contribution in [1.82, 2.24) is 10.2 Å². The fraction of sp³-hybridized carbons (Fsp3) is 0.556. The molecule has 0 amide bonds. The van der Waals surface area contributed by atoms with E-state index in [1.54, 1.807) is 13.2 Å². The van der Waals surface area contributed by atoms with Crippen LogP contribution in [0.2, 0.25) is 0 Å². The molecule has 1 rings (SSSR count). The van der Waals surface area contributed by atoms with Crippen LogP contribution in [0.4, 0.5) is 11.6 Å². The van der Waals surface area contributed by atoms with Gasteiger partial charge in [0.2, 0.25) is 0 Å². The summed E-state index contributed by atoms with van der Waals surface area (Å²) < 4.78 is 5.02. The summed E-state index contributed by atoms with van der Waals surface area (Å²) in [6.07, 6.45) is 0. The molecule has 1 atom stereocenters. The Morgan fingerprint density at radius 3 is 2.86 bits per heavy atom. The van der Waals surface area contributed by atoms with Gasteiger partial charge in [0.15, 0.2) is 0 Å². The number of hydrogen-bond acceptors (Lipinski definition) is 5. The van der Waals surface area contributed by atoms with Crippen LogP contribution in [0, 0.1) is 5.92 Å². The SMILES string of the molecule is COCC(C)CNc1ccc(N)nn1. The molecule has 0 bridgehead atoms. The molecule has 1 aromatic heterocycles. The standard InChI is InChI=1S/C9H16N4O/c1-7(6-14-2)5-11-9-4-3-8(10)12-13-9/h3-4,7H,5-6H2,1-2H3,(H2,10,12)(H,11,13). The Morgan fingerprint density at radius 1 is 1.50 bits per heavy atom. The van der Waals surface area contributed by atoms with Gasteiger partial charge in [-0.15, -0.1) is 10.2 Å². The molecule has 0 spiro atoms. The van der Waals surface area contributed by atoms with Crippen molar-refractivity contribution in [2.75, 3.05) is 31.3 Å². The normalized spacial score (nSPS) is 12.4. The fourth-order valence-corrected chi connectivity index (χ4v) is 1.06. The highest BCUT2D eigenvalue weighted by Crippen LogP contribution is 2.04. The lowest BCUT2D eigenvalue weighted by molar-refractivity contribution is 0.164. The highest BCUT2D eigenvalue weighted by molar-refractivity contribution is 5.38. The lowest BCUT2D eigenvalue weighted by Gasteiger charge is -2.11. The molecule has 1 aromatic rings. The van der Waals surface area contributed by atoms with Crippen molar-refractivity contribution < 1.29 is 4.74 Å². The number of nitrogens with one attached hydrogen (secondary N) is 1. The lowest BCUT2D eigenvalue weighted by atomic mass is 10.2. The van der Waals surface area contributed by atoms with E-state index in [-0.39, 0.29) is 0 Å². The van der Waals surface area contributed by atoms with Crippen LogP contribution >= 0.6 is 0 Å². The van der Waals surface area contributed by atoms with Gasteiger partial charge >= 0.3 is 0 Å². The molecule has 0 fully saturated rings. The maximum absolute atomic E-state index is 5.41. The summed E-state index contributed by atoms with van der Waals surface area (Å²) in [7, 11) is 1.69. The number of methoxy groups -OCH3 is 1. The van der Waals surface area contributed by atoms with Gasteiger partial charge in [-0.2, -0.15) is 0 Å². The molecule has 0 aliphatic carbocycles. The van der Waals surface area contributed by atoms with E-state index < -0.39 is 0 Å². The quantitative estimate of drug-likeness (QED) is 0.727. The number of anilines is 2. The summed E-state index contributed by atoms with van der Waals surface area (Å²) in [5.74, 6) is 1.61. The number of nitrogen functional groups attached to an aromatic ring is 1. The largest absolute Gasteiger partial charge is 0.384 e. The summed E-state index contributed by atoms with van der Waals surface area (Å²) in [5.41, 5.74) is 5.41. The van der Waals surface area contributed by atoms with E-state index in [1.165, 1.54) is 0 Å².